The van der Waals surface area contributed by atoms with Gasteiger partial charge in [-0.05, 0) is 30.2 Å². The van der Waals surface area contributed by atoms with E-state index in [1.165, 1.54) is 5.56 Å². The van der Waals surface area contributed by atoms with Gasteiger partial charge in [0.25, 0.3) is 0 Å². The van der Waals surface area contributed by atoms with Crippen LogP contribution >= 0.6 is 0 Å². The number of benzene rings is 1. The van der Waals surface area contributed by atoms with Gasteiger partial charge in [-0.3, -0.25) is 9.59 Å². The third-order valence-electron chi connectivity index (χ3n) is 4.46. The molecule has 21 heavy (non-hydrogen) atoms. The van der Waals surface area contributed by atoms with Crippen molar-refractivity contribution in [3.63, 3.8) is 0 Å². The molecule has 2 amide bonds. The molecule has 0 spiro atoms. The van der Waals surface area contributed by atoms with E-state index in [-0.39, 0.29) is 23.8 Å². The van der Waals surface area contributed by atoms with Gasteiger partial charge in [-0.2, -0.15) is 0 Å². The van der Waals surface area contributed by atoms with E-state index in [0.29, 0.717) is 25.4 Å². The summed E-state index contributed by atoms with van der Waals surface area (Å²) in [5, 5.41) is 2.90. The van der Waals surface area contributed by atoms with Crippen LogP contribution in [0.25, 0.3) is 0 Å². The highest BCUT2D eigenvalue weighted by Gasteiger charge is 2.41. The summed E-state index contributed by atoms with van der Waals surface area (Å²) in [6.45, 7) is 3.35. The Kier molecular flexibility index (Phi) is 3.95. The summed E-state index contributed by atoms with van der Waals surface area (Å²) in [7, 11) is 0. The van der Waals surface area contributed by atoms with Crippen LogP contribution in [0.5, 0.6) is 0 Å². The van der Waals surface area contributed by atoms with E-state index in [9.17, 15) is 9.59 Å². The van der Waals surface area contributed by atoms with Gasteiger partial charge in [0, 0.05) is 19.5 Å². The van der Waals surface area contributed by atoms with Gasteiger partial charge in [-0.1, -0.05) is 37.3 Å². The number of nitrogens with one attached hydrogen (secondary N) is 1. The second-order valence-electron chi connectivity index (χ2n) is 6.23. The lowest BCUT2D eigenvalue weighted by Crippen LogP contribution is -2.46. The normalized spacial score (nSPS) is 24.4. The molecule has 1 N–H and O–H groups in total. The third kappa shape index (κ3) is 3.26. The fraction of sp³-hybridized carbons (Fsp3) is 0.529. The lowest BCUT2D eigenvalue weighted by atomic mass is 10.00. The quantitative estimate of drug-likeness (QED) is 0.919. The van der Waals surface area contributed by atoms with Crippen molar-refractivity contribution >= 4 is 11.8 Å². The molecule has 0 bridgehead atoms. The summed E-state index contributed by atoms with van der Waals surface area (Å²) >= 11 is 0. The fourth-order valence-electron chi connectivity index (χ4n) is 3.00. The second-order valence-corrected chi connectivity index (χ2v) is 6.23. The number of hydrogen-bond donors (Lipinski definition) is 1. The lowest BCUT2D eigenvalue weighted by Gasteiger charge is -2.27. The lowest BCUT2D eigenvalue weighted by molar-refractivity contribution is -0.134. The van der Waals surface area contributed by atoms with Gasteiger partial charge in [-0.15, -0.1) is 0 Å². The van der Waals surface area contributed by atoms with Crippen LogP contribution in [0.2, 0.25) is 0 Å². The van der Waals surface area contributed by atoms with Crippen molar-refractivity contribution in [3.8, 4) is 0 Å². The maximum atomic E-state index is 12.7. The van der Waals surface area contributed by atoms with Crippen LogP contribution in [0.3, 0.4) is 0 Å². The van der Waals surface area contributed by atoms with Gasteiger partial charge in [0.05, 0.1) is 0 Å². The topological polar surface area (TPSA) is 49.4 Å². The Labute approximate surface area is 125 Å². The zero-order chi connectivity index (χ0) is 14.8. The Morgan fingerprint density at radius 1 is 1.24 bits per heavy atom. The summed E-state index contributed by atoms with van der Waals surface area (Å²) < 4.78 is 0. The van der Waals surface area contributed by atoms with E-state index in [4.69, 9.17) is 0 Å². The Hall–Kier alpha value is -1.84. The molecule has 0 radical (unpaired) electrons. The molecule has 1 aliphatic heterocycles. The number of hydrogen-bond acceptors (Lipinski definition) is 2. The first-order valence-electron chi connectivity index (χ1n) is 7.78. The van der Waals surface area contributed by atoms with Crippen LogP contribution in [0.4, 0.5) is 0 Å². The van der Waals surface area contributed by atoms with Crippen LogP contribution < -0.4 is 5.32 Å². The predicted molar refractivity (Wildman–Crippen MR) is 80.7 cm³/mol. The first-order chi connectivity index (χ1) is 10.1. The number of carbonyl (C=O) groups is 2. The van der Waals surface area contributed by atoms with E-state index in [1.807, 2.05) is 23.1 Å². The molecule has 2 aliphatic rings. The van der Waals surface area contributed by atoms with Crippen molar-refractivity contribution in [1.29, 1.82) is 0 Å². The monoisotopic (exact) mass is 286 g/mol. The fourth-order valence-corrected chi connectivity index (χ4v) is 3.00. The minimum Gasteiger partial charge on any atom is -0.344 e. The Balaban J connectivity index is 1.71. The number of carbonyl (C=O) groups excluding carboxylic acids is 2. The Bertz CT molecular complexity index is 525. The molecule has 1 aromatic rings. The van der Waals surface area contributed by atoms with Crippen molar-refractivity contribution in [3.05, 3.63) is 35.9 Å². The van der Waals surface area contributed by atoms with Crippen LogP contribution in [0, 0.1) is 5.92 Å². The second kappa shape index (κ2) is 5.88. The molecule has 2 unspecified atom stereocenters. The minimum atomic E-state index is -0.289. The van der Waals surface area contributed by atoms with E-state index in [1.54, 1.807) is 0 Å². The Morgan fingerprint density at radius 2 is 1.95 bits per heavy atom. The minimum absolute atomic E-state index is 0.00936. The molecule has 2 atom stereocenters. The number of amides is 2. The molecule has 0 aromatic heterocycles. The SMILES string of the molecule is CC(CN1CCC(=O)NC(C2CC2)C1=O)c1ccccc1. The van der Waals surface area contributed by atoms with E-state index in [2.05, 4.69) is 24.4 Å². The summed E-state index contributed by atoms with van der Waals surface area (Å²) in [4.78, 5) is 26.3. The molecule has 4 heteroatoms. The van der Waals surface area contributed by atoms with Gasteiger partial charge < -0.3 is 10.2 Å². The molecule has 2 fully saturated rings. The van der Waals surface area contributed by atoms with Crippen LogP contribution in [0.1, 0.15) is 37.7 Å². The van der Waals surface area contributed by atoms with Crippen molar-refractivity contribution in [2.24, 2.45) is 5.92 Å². The average Bonchev–Trinajstić information content (AvgIpc) is 3.33. The smallest absolute Gasteiger partial charge is 0.245 e. The van der Waals surface area contributed by atoms with Gasteiger partial charge in [-0.25, -0.2) is 0 Å². The van der Waals surface area contributed by atoms with E-state index >= 15 is 0 Å². The molecule has 3 rings (SSSR count). The van der Waals surface area contributed by atoms with Gasteiger partial charge in [0.15, 0.2) is 0 Å². The molecular weight excluding hydrogens is 264 g/mol. The zero-order valence-electron chi connectivity index (χ0n) is 12.4. The largest absolute Gasteiger partial charge is 0.344 e. The van der Waals surface area contributed by atoms with Crippen molar-refractivity contribution in [2.75, 3.05) is 13.1 Å². The molecule has 1 saturated carbocycles. The van der Waals surface area contributed by atoms with Crippen molar-refractivity contribution < 1.29 is 9.59 Å². The standard InChI is InChI=1S/C17H22N2O2/c1-12(13-5-3-2-4-6-13)11-19-10-9-15(20)18-16(17(19)21)14-7-8-14/h2-6,12,14,16H,7-11H2,1H3,(H,18,20). The predicted octanol–water partition coefficient (Wildman–Crippen LogP) is 1.92. The molecule has 1 saturated heterocycles. The molecule has 1 aromatic carbocycles. The average molecular weight is 286 g/mol. The van der Waals surface area contributed by atoms with Gasteiger partial charge in [0.2, 0.25) is 11.8 Å². The summed E-state index contributed by atoms with van der Waals surface area (Å²) in [6.07, 6.45) is 2.52. The highest BCUT2D eigenvalue weighted by molar-refractivity contribution is 5.90. The third-order valence-corrected chi connectivity index (χ3v) is 4.46. The highest BCUT2D eigenvalue weighted by Crippen LogP contribution is 2.34. The maximum Gasteiger partial charge on any atom is 0.245 e. The number of nitrogens with zero attached hydrogens (tertiary/aromatic N) is 1. The first kappa shape index (κ1) is 14.1. The Morgan fingerprint density at radius 3 is 2.62 bits per heavy atom. The van der Waals surface area contributed by atoms with Gasteiger partial charge in [0.1, 0.15) is 6.04 Å². The van der Waals surface area contributed by atoms with E-state index in [0.717, 1.165) is 12.8 Å². The summed E-state index contributed by atoms with van der Waals surface area (Å²) in [5.74, 6) is 0.749. The zero-order valence-corrected chi connectivity index (χ0v) is 12.4. The first-order valence-corrected chi connectivity index (χ1v) is 7.78. The summed E-state index contributed by atoms with van der Waals surface area (Å²) in [6, 6.07) is 9.94. The van der Waals surface area contributed by atoms with Gasteiger partial charge >= 0.3 is 0 Å². The summed E-state index contributed by atoms with van der Waals surface area (Å²) in [5.41, 5.74) is 1.23. The molecule has 1 heterocycles. The van der Waals surface area contributed by atoms with Crippen molar-refractivity contribution in [2.45, 2.75) is 38.1 Å². The molecule has 4 nitrogen and oxygen atoms in total. The maximum absolute atomic E-state index is 12.7. The molecular formula is C17H22N2O2. The molecule has 112 valence electrons. The van der Waals surface area contributed by atoms with Crippen LogP contribution in [-0.4, -0.2) is 35.8 Å². The molecule has 1 aliphatic carbocycles. The van der Waals surface area contributed by atoms with Crippen molar-refractivity contribution in [1.82, 2.24) is 10.2 Å². The van der Waals surface area contributed by atoms with Crippen LogP contribution in [-0.2, 0) is 9.59 Å². The highest BCUT2D eigenvalue weighted by atomic mass is 16.2. The van der Waals surface area contributed by atoms with Crippen LogP contribution in [0.15, 0.2) is 30.3 Å². The number of rotatable bonds is 4. The van der Waals surface area contributed by atoms with E-state index < -0.39 is 0 Å².